The number of hydrogen-bond donors (Lipinski definition) is 2. The van der Waals surface area contributed by atoms with Crippen molar-refractivity contribution in [1.29, 1.82) is 0 Å². The van der Waals surface area contributed by atoms with Crippen LogP contribution in [0.1, 0.15) is 39.7 Å². The Morgan fingerprint density at radius 1 is 1.33 bits per heavy atom. The number of aliphatic hydroxyl groups is 1. The smallest absolute Gasteiger partial charge is 0.240 e. The van der Waals surface area contributed by atoms with Gasteiger partial charge in [-0.05, 0) is 30.5 Å². The zero-order valence-corrected chi connectivity index (χ0v) is 13.8. The van der Waals surface area contributed by atoms with Crippen LogP contribution in [0.2, 0.25) is 0 Å². The Balaban J connectivity index is 3.00. The maximum Gasteiger partial charge on any atom is 0.240 e. The Labute approximate surface area is 127 Å². The van der Waals surface area contributed by atoms with Gasteiger partial charge >= 0.3 is 0 Å². The van der Waals surface area contributed by atoms with Gasteiger partial charge in [-0.1, -0.05) is 38.7 Å². The molecular formula is C16H23NO3S. The summed E-state index contributed by atoms with van der Waals surface area (Å²) in [7, 11) is -3.56. The molecule has 0 amide bonds. The highest BCUT2D eigenvalue weighted by Gasteiger charge is 2.25. The van der Waals surface area contributed by atoms with E-state index in [4.69, 9.17) is 5.11 Å². The molecule has 0 heterocycles. The van der Waals surface area contributed by atoms with Crippen LogP contribution in [0, 0.1) is 17.3 Å². The van der Waals surface area contributed by atoms with Gasteiger partial charge in [0.15, 0.2) is 0 Å². The molecule has 1 rings (SSSR count). The molecule has 0 aliphatic carbocycles. The molecule has 0 bridgehead atoms. The third-order valence-electron chi connectivity index (χ3n) is 3.24. The first-order valence-corrected chi connectivity index (χ1v) is 8.37. The Morgan fingerprint density at radius 2 is 2.00 bits per heavy atom. The van der Waals surface area contributed by atoms with Crippen LogP contribution in [0.3, 0.4) is 0 Å². The molecule has 1 aromatic rings. The van der Waals surface area contributed by atoms with Gasteiger partial charge in [0.2, 0.25) is 10.0 Å². The van der Waals surface area contributed by atoms with E-state index in [1.165, 1.54) is 0 Å². The summed E-state index contributed by atoms with van der Waals surface area (Å²) in [5.41, 5.74) is 0.459. The lowest BCUT2D eigenvalue weighted by molar-refractivity contribution is 0.305. The summed E-state index contributed by atoms with van der Waals surface area (Å²) < 4.78 is 27.4. The van der Waals surface area contributed by atoms with Crippen molar-refractivity contribution in [2.24, 2.45) is 5.41 Å². The van der Waals surface area contributed by atoms with Crippen molar-refractivity contribution in [1.82, 2.24) is 4.72 Å². The summed E-state index contributed by atoms with van der Waals surface area (Å²) in [5.74, 6) is 5.62. The largest absolute Gasteiger partial charge is 0.395 e. The summed E-state index contributed by atoms with van der Waals surface area (Å²) in [4.78, 5) is 0.203. The highest BCUT2D eigenvalue weighted by molar-refractivity contribution is 7.89. The van der Waals surface area contributed by atoms with Gasteiger partial charge in [-0.25, -0.2) is 13.1 Å². The predicted octanol–water partition coefficient (Wildman–Crippen LogP) is 2.13. The van der Waals surface area contributed by atoms with Crippen molar-refractivity contribution < 1.29 is 13.5 Å². The van der Waals surface area contributed by atoms with Gasteiger partial charge in [0.25, 0.3) is 0 Å². The van der Waals surface area contributed by atoms with Crippen LogP contribution in [0.4, 0.5) is 0 Å². The van der Waals surface area contributed by atoms with Crippen LogP contribution < -0.4 is 4.72 Å². The van der Waals surface area contributed by atoms with Crippen molar-refractivity contribution in [3.63, 3.8) is 0 Å². The quantitative estimate of drug-likeness (QED) is 0.837. The van der Waals surface area contributed by atoms with Crippen LogP contribution in [0.25, 0.3) is 0 Å². The topological polar surface area (TPSA) is 66.4 Å². The molecule has 21 heavy (non-hydrogen) atoms. The third-order valence-corrected chi connectivity index (χ3v) is 4.78. The number of aliphatic hydroxyl groups excluding tert-OH is 1. The second-order valence-electron chi connectivity index (χ2n) is 6.01. The summed E-state index contributed by atoms with van der Waals surface area (Å²) in [6.45, 7) is 7.79. The van der Waals surface area contributed by atoms with Gasteiger partial charge in [-0.2, -0.15) is 0 Å². The van der Waals surface area contributed by atoms with E-state index in [1.54, 1.807) is 24.3 Å². The van der Waals surface area contributed by atoms with Gasteiger partial charge in [0, 0.05) is 18.0 Å². The Kier molecular flexibility index (Phi) is 5.97. The molecule has 5 heteroatoms. The normalized spacial score (nSPS) is 13.4. The molecule has 0 radical (unpaired) electrons. The molecule has 2 N–H and O–H groups in total. The van der Waals surface area contributed by atoms with Crippen LogP contribution in [-0.4, -0.2) is 26.2 Å². The summed E-state index contributed by atoms with van der Waals surface area (Å²) in [5, 5.41) is 8.70. The third kappa shape index (κ3) is 5.50. The lowest BCUT2D eigenvalue weighted by Crippen LogP contribution is -2.41. The molecule has 0 aliphatic heterocycles. The lowest BCUT2D eigenvalue weighted by atomic mass is 9.89. The van der Waals surface area contributed by atoms with E-state index in [0.717, 1.165) is 0 Å². The van der Waals surface area contributed by atoms with E-state index in [0.29, 0.717) is 12.0 Å². The monoisotopic (exact) mass is 309 g/mol. The van der Waals surface area contributed by atoms with Crippen molar-refractivity contribution >= 4 is 10.0 Å². The first kappa shape index (κ1) is 17.7. The van der Waals surface area contributed by atoms with Crippen LogP contribution >= 0.6 is 0 Å². The minimum Gasteiger partial charge on any atom is -0.395 e. The minimum atomic E-state index is -3.56. The van der Waals surface area contributed by atoms with E-state index in [1.807, 2.05) is 27.7 Å². The number of hydrogen-bond acceptors (Lipinski definition) is 3. The summed E-state index contributed by atoms with van der Waals surface area (Å²) in [6, 6.07) is 6.32. The number of rotatable bonds is 4. The molecule has 1 aromatic carbocycles. The van der Waals surface area contributed by atoms with Crippen molar-refractivity contribution in [2.75, 3.05) is 6.61 Å². The van der Waals surface area contributed by atoms with E-state index < -0.39 is 10.0 Å². The summed E-state index contributed by atoms with van der Waals surface area (Å²) >= 11 is 0. The summed E-state index contributed by atoms with van der Waals surface area (Å²) in [6.07, 6.45) is 0.371. The average molecular weight is 309 g/mol. The molecule has 0 spiro atoms. The number of benzene rings is 1. The average Bonchev–Trinajstić information content (AvgIpc) is 2.38. The van der Waals surface area contributed by atoms with E-state index >= 15 is 0 Å². The molecule has 1 unspecified atom stereocenters. The van der Waals surface area contributed by atoms with Crippen LogP contribution in [0.5, 0.6) is 0 Å². The van der Waals surface area contributed by atoms with Crippen molar-refractivity contribution in [3.8, 4) is 11.8 Å². The van der Waals surface area contributed by atoms with Crippen molar-refractivity contribution in [2.45, 2.75) is 45.1 Å². The van der Waals surface area contributed by atoms with E-state index in [-0.39, 0.29) is 23.0 Å². The second kappa shape index (κ2) is 7.08. The Morgan fingerprint density at radius 3 is 2.57 bits per heavy atom. The van der Waals surface area contributed by atoms with Gasteiger partial charge < -0.3 is 5.11 Å². The highest BCUT2D eigenvalue weighted by atomic mass is 32.2. The highest BCUT2D eigenvalue weighted by Crippen LogP contribution is 2.21. The van der Waals surface area contributed by atoms with Gasteiger partial charge in [0.1, 0.15) is 0 Å². The maximum absolute atomic E-state index is 12.4. The second-order valence-corrected chi connectivity index (χ2v) is 7.73. The minimum absolute atomic E-state index is 0.00432. The molecule has 0 fully saturated rings. The molecule has 116 valence electrons. The molecule has 0 saturated heterocycles. The van der Waals surface area contributed by atoms with Crippen molar-refractivity contribution in [3.05, 3.63) is 29.8 Å². The molecule has 1 atom stereocenters. The Bertz CT molecular complexity index is 633. The fourth-order valence-electron chi connectivity index (χ4n) is 1.44. The first-order valence-electron chi connectivity index (χ1n) is 6.89. The van der Waals surface area contributed by atoms with Crippen LogP contribution in [-0.2, 0) is 10.0 Å². The Hall–Kier alpha value is -1.35. The van der Waals surface area contributed by atoms with Gasteiger partial charge in [-0.3, -0.25) is 0 Å². The zero-order valence-electron chi connectivity index (χ0n) is 13.0. The first-order chi connectivity index (χ1) is 9.66. The van der Waals surface area contributed by atoms with E-state index in [9.17, 15) is 8.42 Å². The lowest BCUT2D eigenvalue weighted by Gasteiger charge is -2.27. The SMILES string of the molecule is CC(NS(=O)(=O)c1cccc(C#CCCO)c1)C(C)(C)C. The predicted molar refractivity (Wildman–Crippen MR) is 84.3 cm³/mol. The molecule has 4 nitrogen and oxygen atoms in total. The molecular weight excluding hydrogens is 286 g/mol. The van der Waals surface area contributed by atoms with E-state index in [2.05, 4.69) is 16.6 Å². The zero-order chi connectivity index (χ0) is 16.1. The number of sulfonamides is 1. The van der Waals surface area contributed by atoms with Gasteiger partial charge in [-0.15, -0.1) is 0 Å². The molecule has 0 aliphatic rings. The standard InChI is InChI=1S/C16H23NO3S/c1-13(16(2,3)4)17-21(19,20)15-10-7-9-14(12-15)8-5-6-11-18/h7,9-10,12-13,17-18H,6,11H2,1-4H3. The maximum atomic E-state index is 12.4. The molecule has 0 aromatic heterocycles. The van der Waals surface area contributed by atoms with Gasteiger partial charge in [0.05, 0.1) is 11.5 Å². The fourth-order valence-corrected chi connectivity index (χ4v) is 2.93. The number of nitrogens with one attached hydrogen (secondary N) is 1. The molecule has 0 saturated carbocycles. The fraction of sp³-hybridized carbons (Fsp3) is 0.500. The van der Waals surface area contributed by atoms with Crippen LogP contribution in [0.15, 0.2) is 29.2 Å².